The molecule has 0 N–H and O–H groups in total. The van der Waals surface area contributed by atoms with E-state index in [1.54, 1.807) is 19.1 Å². The van der Waals surface area contributed by atoms with Crippen molar-refractivity contribution in [1.82, 2.24) is 0 Å². The molecule has 3 aliphatic carbocycles. The summed E-state index contributed by atoms with van der Waals surface area (Å²) in [7, 11) is 0. The number of hydrogen-bond donors (Lipinski definition) is 0. The molecule has 0 radical (unpaired) electrons. The van der Waals surface area contributed by atoms with Crippen molar-refractivity contribution >= 4 is 47.4 Å². The van der Waals surface area contributed by atoms with Gasteiger partial charge in [0.25, 0.3) is 0 Å². The summed E-state index contributed by atoms with van der Waals surface area (Å²) in [5.74, 6) is -7.73. The van der Waals surface area contributed by atoms with Gasteiger partial charge in [-0.3, -0.25) is 33.6 Å². The lowest BCUT2D eigenvalue weighted by atomic mass is 9.61. The minimum absolute atomic E-state index is 0.0840. The summed E-state index contributed by atoms with van der Waals surface area (Å²) >= 11 is 0. The Bertz CT molecular complexity index is 2310. The molecule has 3 aromatic carbocycles. The van der Waals surface area contributed by atoms with Gasteiger partial charge in [-0.25, -0.2) is 4.79 Å². The molecular formula is C40H32O14. The summed E-state index contributed by atoms with van der Waals surface area (Å²) in [5.41, 5.74) is -1.17. The van der Waals surface area contributed by atoms with E-state index in [0.29, 0.717) is 11.1 Å². The predicted molar refractivity (Wildman–Crippen MR) is 182 cm³/mol. The Labute approximate surface area is 307 Å². The van der Waals surface area contributed by atoms with Gasteiger partial charge in [-0.1, -0.05) is 24.3 Å². The lowest BCUT2D eigenvalue weighted by Gasteiger charge is -2.48. The molecule has 14 heteroatoms. The molecular weight excluding hydrogens is 704 g/mol. The maximum Gasteiger partial charge on any atom is 0.342 e. The SMILES string of the molecule is CC(=O)Oc1cccc2c1C(=O)c1c(OC(C)=O)cc3c(c1C2=O)[C@H]1C=C[C@@H](OC(C)=O)[C@H]2OC(=O)c4c(OC(C)=O)cc(C)cc4[C@H](OC(C)=O)[C@]12C3. The molecule has 7 rings (SSSR count). The van der Waals surface area contributed by atoms with Crippen LogP contribution >= 0.6 is 0 Å². The van der Waals surface area contributed by atoms with E-state index in [2.05, 4.69) is 0 Å². The second-order valence-electron chi connectivity index (χ2n) is 13.6. The molecule has 0 bridgehead atoms. The van der Waals surface area contributed by atoms with Crippen molar-refractivity contribution < 1.29 is 66.8 Å². The van der Waals surface area contributed by atoms with E-state index in [1.165, 1.54) is 50.3 Å². The summed E-state index contributed by atoms with van der Waals surface area (Å²) in [6, 6.07) is 8.69. The van der Waals surface area contributed by atoms with Crippen molar-refractivity contribution in [1.29, 1.82) is 0 Å². The lowest BCUT2D eigenvalue weighted by molar-refractivity contribution is -0.178. The van der Waals surface area contributed by atoms with Gasteiger partial charge in [-0.15, -0.1) is 0 Å². The molecule has 4 aliphatic rings. The highest BCUT2D eigenvalue weighted by atomic mass is 16.6. The summed E-state index contributed by atoms with van der Waals surface area (Å²) < 4.78 is 34.4. The quantitative estimate of drug-likeness (QED) is 0.120. The maximum absolute atomic E-state index is 14.8. The molecule has 0 amide bonds. The van der Waals surface area contributed by atoms with E-state index in [-0.39, 0.29) is 62.6 Å². The van der Waals surface area contributed by atoms with E-state index in [1.807, 2.05) is 0 Å². The molecule has 0 unspecified atom stereocenters. The number of carbonyl (C=O) groups is 8. The standard InChI is InChI=1S/C40H32O14/c1-16-12-24-32(28(13-16)51-19(4)43)39(48)54-38-27(50-18(3)42)11-10-25-30-22(15-40(25,38)37(24)53-21(6)45)14-29(52-20(5)44)33-34(30)35(46)23-8-7-9-26(49-17(2)41)31(23)36(33)47/h7-14,25,27,37-38H,15H2,1-6H3/t25-,27-,37+,38-,40+/m1/s1. The van der Waals surface area contributed by atoms with Crippen LogP contribution in [0.5, 0.6) is 17.2 Å². The highest BCUT2D eigenvalue weighted by Crippen LogP contribution is 2.65. The minimum Gasteiger partial charge on any atom is -0.457 e. The molecule has 54 heavy (non-hydrogen) atoms. The second kappa shape index (κ2) is 12.9. The Morgan fingerprint density at radius 2 is 1.31 bits per heavy atom. The molecule has 0 saturated carbocycles. The van der Waals surface area contributed by atoms with E-state index in [0.717, 1.165) is 20.8 Å². The number of carbonyl (C=O) groups excluding carboxylic acids is 8. The van der Waals surface area contributed by atoms with Gasteiger partial charge in [0.2, 0.25) is 5.78 Å². The largest absolute Gasteiger partial charge is 0.457 e. The van der Waals surface area contributed by atoms with Crippen LogP contribution in [0.2, 0.25) is 0 Å². The van der Waals surface area contributed by atoms with Crippen LogP contribution in [0.25, 0.3) is 0 Å². The van der Waals surface area contributed by atoms with Gasteiger partial charge >= 0.3 is 35.8 Å². The number of fused-ring (bicyclic) bond motifs is 6. The third-order valence-electron chi connectivity index (χ3n) is 9.91. The summed E-state index contributed by atoms with van der Waals surface area (Å²) in [6.07, 6.45) is -1.03. The first-order chi connectivity index (χ1) is 25.5. The zero-order chi connectivity index (χ0) is 39.0. The Morgan fingerprint density at radius 3 is 1.94 bits per heavy atom. The molecule has 3 aromatic rings. The van der Waals surface area contributed by atoms with Gasteiger partial charge in [0.1, 0.15) is 28.9 Å². The topological polar surface area (TPSA) is 192 Å². The number of allylic oxidation sites excluding steroid dienone is 1. The number of hydrogen-bond acceptors (Lipinski definition) is 14. The minimum atomic E-state index is -1.59. The lowest BCUT2D eigenvalue weighted by Crippen LogP contribution is -2.54. The number of esters is 6. The molecule has 0 saturated heterocycles. The second-order valence-corrected chi connectivity index (χ2v) is 13.6. The number of ether oxygens (including phenoxy) is 6. The molecule has 1 heterocycles. The Balaban J connectivity index is 1.56. The van der Waals surface area contributed by atoms with E-state index in [4.69, 9.17) is 28.4 Å². The predicted octanol–water partition coefficient (Wildman–Crippen LogP) is 4.52. The van der Waals surface area contributed by atoms with Crippen LogP contribution in [0.15, 0.2) is 48.6 Å². The fourth-order valence-corrected chi connectivity index (χ4v) is 8.39. The van der Waals surface area contributed by atoms with Crippen molar-refractivity contribution in [2.75, 3.05) is 0 Å². The van der Waals surface area contributed by atoms with Crippen LogP contribution in [-0.2, 0) is 44.6 Å². The first-order valence-electron chi connectivity index (χ1n) is 16.9. The summed E-state index contributed by atoms with van der Waals surface area (Å²) in [6.45, 7) is 7.43. The van der Waals surface area contributed by atoms with Gasteiger partial charge in [-0.05, 0) is 54.3 Å². The van der Waals surface area contributed by atoms with Gasteiger partial charge in [0.05, 0.1) is 16.5 Å². The zero-order valence-electron chi connectivity index (χ0n) is 29.9. The smallest absolute Gasteiger partial charge is 0.342 e. The third-order valence-corrected chi connectivity index (χ3v) is 9.91. The van der Waals surface area contributed by atoms with E-state index < -0.39 is 77.0 Å². The third kappa shape index (κ3) is 5.56. The summed E-state index contributed by atoms with van der Waals surface area (Å²) in [5, 5.41) is 0. The fourth-order valence-electron chi connectivity index (χ4n) is 8.39. The number of rotatable bonds is 5. The van der Waals surface area contributed by atoms with E-state index in [9.17, 15) is 38.4 Å². The first-order valence-corrected chi connectivity index (χ1v) is 16.9. The molecule has 1 aliphatic heterocycles. The highest BCUT2D eigenvalue weighted by Gasteiger charge is 2.66. The molecule has 0 aromatic heterocycles. The molecule has 276 valence electrons. The zero-order valence-corrected chi connectivity index (χ0v) is 29.9. The van der Waals surface area contributed by atoms with Gasteiger partial charge in [-0.2, -0.15) is 0 Å². The van der Waals surface area contributed by atoms with Crippen LogP contribution in [0.3, 0.4) is 0 Å². The number of aryl methyl sites for hydroxylation is 1. The van der Waals surface area contributed by atoms with Crippen molar-refractivity contribution in [3.63, 3.8) is 0 Å². The van der Waals surface area contributed by atoms with Gasteiger partial charge < -0.3 is 28.4 Å². The molecule has 14 nitrogen and oxygen atoms in total. The Hall–Kier alpha value is -6.44. The maximum atomic E-state index is 14.8. The average Bonchev–Trinajstić information content (AvgIpc) is 3.35. The Kier molecular flexibility index (Phi) is 8.58. The van der Waals surface area contributed by atoms with Crippen molar-refractivity contribution in [3.8, 4) is 17.2 Å². The van der Waals surface area contributed by atoms with Gasteiger partial charge in [0, 0.05) is 57.2 Å². The first kappa shape index (κ1) is 35.9. The van der Waals surface area contributed by atoms with Crippen LogP contribution in [-0.4, -0.2) is 59.6 Å². The number of ketones is 2. The number of benzene rings is 3. The van der Waals surface area contributed by atoms with Crippen LogP contribution in [0, 0.1) is 12.3 Å². The van der Waals surface area contributed by atoms with Crippen LogP contribution < -0.4 is 14.2 Å². The van der Waals surface area contributed by atoms with Gasteiger partial charge in [0.15, 0.2) is 18.0 Å². The fraction of sp³-hybridized carbons (Fsp3) is 0.300. The molecule has 0 fully saturated rings. The van der Waals surface area contributed by atoms with Crippen molar-refractivity contribution in [3.05, 3.63) is 98.6 Å². The Morgan fingerprint density at radius 1 is 0.685 bits per heavy atom. The van der Waals surface area contributed by atoms with Crippen molar-refractivity contribution in [2.45, 2.75) is 72.2 Å². The average molecular weight is 737 g/mol. The normalized spacial score (nSPS) is 22.8. The monoisotopic (exact) mass is 736 g/mol. The summed E-state index contributed by atoms with van der Waals surface area (Å²) in [4.78, 5) is 106. The molecule has 5 atom stereocenters. The molecule has 1 spiro atoms. The van der Waals surface area contributed by atoms with Crippen LogP contribution in [0.1, 0.15) is 111 Å². The van der Waals surface area contributed by atoms with E-state index >= 15 is 0 Å². The van der Waals surface area contributed by atoms with Crippen molar-refractivity contribution in [2.24, 2.45) is 5.41 Å². The highest BCUT2D eigenvalue weighted by molar-refractivity contribution is 6.31. The van der Waals surface area contributed by atoms with Crippen LogP contribution in [0.4, 0.5) is 0 Å².